The molecule has 0 unspecified atom stereocenters. The van der Waals surface area contributed by atoms with E-state index in [1.165, 1.54) is 0 Å². The lowest BCUT2D eigenvalue weighted by atomic mass is 10.2. The lowest BCUT2D eigenvalue weighted by Crippen LogP contribution is -2.07. The Kier molecular flexibility index (Phi) is 4.20. The van der Waals surface area contributed by atoms with Crippen LogP contribution < -0.4 is 5.73 Å². The molecule has 1 aromatic heterocycles. The number of benzene rings is 1. The standard InChI is InChI=1S/C16H20N4O2/c1-2-9-22-16(21)12-5-7-13(8-6-12)20-15(11-3-4-11)14(10-17)18-19-20/h5-8,11H,2-4,9-10,17H2,1H3. The van der Waals surface area contributed by atoms with Gasteiger partial charge in [0.25, 0.3) is 0 Å². The highest BCUT2D eigenvalue weighted by molar-refractivity contribution is 5.89. The smallest absolute Gasteiger partial charge is 0.338 e. The highest BCUT2D eigenvalue weighted by atomic mass is 16.5. The molecule has 0 amide bonds. The summed E-state index contributed by atoms with van der Waals surface area (Å²) in [6, 6.07) is 7.24. The molecule has 1 fully saturated rings. The summed E-state index contributed by atoms with van der Waals surface area (Å²) in [5.74, 6) is 0.208. The van der Waals surface area contributed by atoms with Gasteiger partial charge in [-0.1, -0.05) is 12.1 Å². The molecule has 1 aromatic carbocycles. The number of aromatic nitrogens is 3. The van der Waals surface area contributed by atoms with Gasteiger partial charge in [0.05, 0.1) is 23.6 Å². The summed E-state index contributed by atoms with van der Waals surface area (Å²) in [5, 5.41) is 8.38. The summed E-state index contributed by atoms with van der Waals surface area (Å²) in [5.41, 5.74) is 9.13. The fourth-order valence-electron chi connectivity index (χ4n) is 2.44. The zero-order chi connectivity index (χ0) is 15.5. The SMILES string of the molecule is CCCOC(=O)c1ccc(-n2nnc(CN)c2C2CC2)cc1. The van der Waals surface area contributed by atoms with Crippen LogP contribution in [0.15, 0.2) is 24.3 Å². The van der Waals surface area contributed by atoms with Gasteiger partial charge in [-0.05, 0) is 43.5 Å². The van der Waals surface area contributed by atoms with Crippen molar-refractivity contribution < 1.29 is 9.53 Å². The minimum atomic E-state index is -0.294. The quantitative estimate of drug-likeness (QED) is 0.827. The highest BCUT2D eigenvalue weighted by Gasteiger charge is 2.31. The number of nitrogens with two attached hydrogens (primary N) is 1. The third kappa shape index (κ3) is 2.87. The Balaban J connectivity index is 1.84. The lowest BCUT2D eigenvalue weighted by molar-refractivity contribution is 0.0505. The molecule has 0 saturated heterocycles. The van der Waals surface area contributed by atoms with Crippen molar-refractivity contribution in [2.75, 3.05) is 6.61 Å². The van der Waals surface area contributed by atoms with Gasteiger partial charge >= 0.3 is 5.97 Å². The van der Waals surface area contributed by atoms with E-state index >= 15 is 0 Å². The molecule has 0 aliphatic heterocycles. The molecule has 6 heteroatoms. The molecule has 2 aromatic rings. The number of carbonyl (C=O) groups excluding carboxylic acids is 1. The largest absolute Gasteiger partial charge is 0.462 e. The zero-order valence-electron chi connectivity index (χ0n) is 12.7. The van der Waals surface area contributed by atoms with Gasteiger partial charge in [-0.15, -0.1) is 5.10 Å². The Bertz CT molecular complexity index is 659. The maximum absolute atomic E-state index is 11.8. The predicted molar refractivity (Wildman–Crippen MR) is 81.8 cm³/mol. The van der Waals surface area contributed by atoms with E-state index in [0.29, 0.717) is 24.6 Å². The average Bonchev–Trinajstić information content (AvgIpc) is 3.31. The van der Waals surface area contributed by atoms with Crippen LogP contribution in [0.2, 0.25) is 0 Å². The maximum atomic E-state index is 11.8. The molecule has 1 aliphatic rings. The second-order valence-corrected chi connectivity index (χ2v) is 5.49. The first-order chi connectivity index (χ1) is 10.7. The monoisotopic (exact) mass is 300 g/mol. The molecule has 3 rings (SSSR count). The average molecular weight is 300 g/mol. The molecular formula is C16H20N4O2. The van der Waals surface area contributed by atoms with Crippen LogP contribution in [0.5, 0.6) is 0 Å². The van der Waals surface area contributed by atoms with Gasteiger partial charge in [-0.3, -0.25) is 0 Å². The molecule has 6 nitrogen and oxygen atoms in total. The van der Waals surface area contributed by atoms with Gasteiger partial charge in [0.15, 0.2) is 0 Å². The Morgan fingerprint density at radius 1 is 1.36 bits per heavy atom. The molecule has 116 valence electrons. The van der Waals surface area contributed by atoms with Gasteiger partial charge in [0.1, 0.15) is 5.69 Å². The third-order valence-electron chi connectivity index (χ3n) is 3.72. The number of rotatable bonds is 6. The number of carbonyl (C=O) groups is 1. The van der Waals surface area contributed by atoms with Gasteiger partial charge in [0, 0.05) is 12.5 Å². The van der Waals surface area contributed by atoms with Gasteiger partial charge in [0.2, 0.25) is 0 Å². The second-order valence-electron chi connectivity index (χ2n) is 5.49. The van der Waals surface area contributed by atoms with Crippen molar-refractivity contribution in [3.8, 4) is 5.69 Å². The maximum Gasteiger partial charge on any atom is 0.338 e. The summed E-state index contributed by atoms with van der Waals surface area (Å²) < 4.78 is 6.96. The molecule has 1 heterocycles. The van der Waals surface area contributed by atoms with Crippen LogP contribution in [0.4, 0.5) is 0 Å². The summed E-state index contributed by atoms with van der Waals surface area (Å²) in [4.78, 5) is 11.8. The number of ether oxygens (including phenoxy) is 1. The zero-order valence-corrected chi connectivity index (χ0v) is 12.7. The Labute approximate surface area is 129 Å². The minimum Gasteiger partial charge on any atom is -0.462 e. The highest BCUT2D eigenvalue weighted by Crippen LogP contribution is 2.41. The molecule has 1 saturated carbocycles. The van der Waals surface area contributed by atoms with E-state index in [9.17, 15) is 4.79 Å². The summed E-state index contributed by atoms with van der Waals surface area (Å²) in [6.07, 6.45) is 3.12. The molecule has 0 spiro atoms. The lowest BCUT2D eigenvalue weighted by Gasteiger charge is -2.08. The Morgan fingerprint density at radius 2 is 2.09 bits per heavy atom. The van der Waals surface area contributed by atoms with Crippen molar-refractivity contribution >= 4 is 5.97 Å². The first kappa shape index (κ1) is 14.7. The predicted octanol–water partition coefficient (Wildman–Crippen LogP) is 2.17. The van der Waals surface area contributed by atoms with E-state index in [1.807, 2.05) is 23.7 Å². The molecule has 0 atom stereocenters. The Morgan fingerprint density at radius 3 is 2.68 bits per heavy atom. The number of hydrogen-bond donors (Lipinski definition) is 1. The minimum absolute atomic E-state index is 0.294. The van der Waals surface area contributed by atoms with Crippen molar-refractivity contribution in [2.24, 2.45) is 5.73 Å². The van der Waals surface area contributed by atoms with Gasteiger partial charge < -0.3 is 10.5 Å². The van der Waals surface area contributed by atoms with E-state index in [-0.39, 0.29) is 5.97 Å². The number of esters is 1. The topological polar surface area (TPSA) is 83.0 Å². The van der Waals surface area contributed by atoms with Crippen LogP contribution in [0.3, 0.4) is 0 Å². The molecule has 0 bridgehead atoms. The summed E-state index contributed by atoms with van der Waals surface area (Å²) in [7, 11) is 0. The molecule has 2 N–H and O–H groups in total. The van der Waals surface area contributed by atoms with Crippen LogP contribution in [-0.4, -0.2) is 27.6 Å². The van der Waals surface area contributed by atoms with Gasteiger partial charge in [-0.25, -0.2) is 9.48 Å². The number of hydrogen-bond acceptors (Lipinski definition) is 5. The van der Waals surface area contributed by atoms with Crippen molar-refractivity contribution in [3.63, 3.8) is 0 Å². The van der Waals surface area contributed by atoms with E-state index in [4.69, 9.17) is 10.5 Å². The molecule has 0 radical (unpaired) electrons. The van der Waals surface area contributed by atoms with Crippen LogP contribution in [0.25, 0.3) is 5.69 Å². The van der Waals surface area contributed by atoms with Crippen LogP contribution in [0, 0.1) is 0 Å². The summed E-state index contributed by atoms with van der Waals surface area (Å²) >= 11 is 0. The van der Waals surface area contributed by atoms with Gasteiger partial charge in [-0.2, -0.15) is 0 Å². The normalized spacial score (nSPS) is 14.1. The van der Waals surface area contributed by atoms with Crippen molar-refractivity contribution in [3.05, 3.63) is 41.2 Å². The van der Waals surface area contributed by atoms with Crippen LogP contribution in [-0.2, 0) is 11.3 Å². The van der Waals surface area contributed by atoms with Crippen LogP contribution in [0.1, 0.15) is 53.8 Å². The van der Waals surface area contributed by atoms with Crippen molar-refractivity contribution in [1.82, 2.24) is 15.0 Å². The third-order valence-corrected chi connectivity index (χ3v) is 3.72. The van der Waals surface area contributed by atoms with E-state index in [0.717, 1.165) is 36.3 Å². The van der Waals surface area contributed by atoms with Crippen molar-refractivity contribution in [1.29, 1.82) is 0 Å². The first-order valence-corrected chi connectivity index (χ1v) is 7.66. The number of nitrogens with zero attached hydrogens (tertiary/aromatic N) is 3. The molecule has 22 heavy (non-hydrogen) atoms. The van der Waals surface area contributed by atoms with Crippen molar-refractivity contribution in [2.45, 2.75) is 38.6 Å². The van der Waals surface area contributed by atoms with E-state index < -0.39 is 0 Å². The fraction of sp³-hybridized carbons (Fsp3) is 0.438. The van der Waals surface area contributed by atoms with E-state index in [2.05, 4.69) is 10.3 Å². The molecule has 1 aliphatic carbocycles. The Hall–Kier alpha value is -2.21. The first-order valence-electron chi connectivity index (χ1n) is 7.66. The molecular weight excluding hydrogens is 280 g/mol. The van der Waals surface area contributed by atoms with E-state index in [1.54, 1.807) is 12.1 Å². The van der Waals surface area contributed by atoms with Crippen LogP contribution >= 0.6 is 0 Å². The fourth-order valence-corrected chi connectivity index (χ4v) is 2.44. The summed E-state index contributed by atoms with van der Waals surface area (Å²) in [6.45, 7) is 2.80. The second kappa shape index (κ2) is 6.27.